The molecule has 1 aliphatic rings. The maximum atomic E-state index is 5.14. The highest BCUT2D eigenvalue weighted by Gasteiger charge is 2.22. The highest BCUT2D eigenvalue weighted by Crippen LogP contribution is 2.13. The minimum Gasteiger partial charge on any atom is -0.377 e. The third-order valence-corrected chi connectivity index (χ3v) is 5.62. The van der Waals surface area contributed by atoms with Crippen molar-refractivity contribution in [1.82, 2.24) is 30.3 Å². The Hall–Kier alpha value is -2.45. The van der Waals surface area contributed by atoms with E-state index in [-0.39, 0.29) is 0 Å². The van der Waals surface area contributed by atoms with E-state index in [2.05, 4.69) is 74.9 Å². The monoisotopic (exact) mass is 413 g/mol. The smallest absolute Gasteiger partial charge is 0.191 e. The second-order valence-corrected chi connectivity index (χ2v) is 7.98. The Kier molecular flexibility index (Phi) is 8.21. The molecule has 2 atom stereocenters. The van der Waals surface area contributed by atoms with Gasteiger partial charge in [0.2, 0.25) is 0 Å². The molecule has 3 rings (SSSR count). The van der Waals surface area contributed by atoms with Crippen LogP contribution in [0.15, 0.2) is 35.3 Å². The summed E-state index contributed by atoms with van der Waals surface area (Å²) in [5.74, 6) is 2.64. The number of fused-ring (bicyclic) bond motifs is 1. The van der Waals surface area contributed by atoms with Gasteiger partial charge in [0.1, 0.15) is 12.4 Å². The van der Waals surface area contributed by atoms with Gasteiger partial charge in [-0.1, -0.05) is 30.3 Å². The van der Waals surface area contributed by atoms with Gasteiger partial charge in [0.15, 0.2) is 11.8 Å². The summed E-state index contributed by atoms with van der Waals surface area (Å²) < 4.78 is 7.13. The van der Waals surface area contributed by atoms with E-state index in [0.717, 1.165) is 56.5 Å². The topological polar surface area (TPSA) is 79.6 Å². The lowest BCUT2D eigenvalue weighted by Crippen LogP contribution is -2.47. The summed E-state index contributed by atoms with van der Waals surface area (Å²) in [5.41, 5.74) is 1.34. The van der Waals surface area contributed by atoms with Gasteiger partial charge in [-0.25, -0.2) is 9.67 Å². The summed E-state index contributed by atoms with van der Waals surface area (Å²) in [6.45, 7) is 5.36. The molecular formula is C22H35N7O. The Morgan fingerprint density at radius 1 is 1.37 bits per heavy atom. The second kappa shape index (κ2) is 11.1. The minimum atomic E-state index is 0.291. The van der Waals surface area contributed by atoms with Gasteiger partial charge in [-0.15, -0.1) is 0 Å². The van der Waals surface area contributed by atoms with Gasteiger partial charge in [0.05, 0.1) is 6.54 Å². The number of methoxy groups -OCH3 is 1. The van der Waals surface area contributed by atoms with Crippen molar-refractivity contribution in [3.63, 3.8) is 0 Å². The first kappa shape index (κ1) is 22.2. The molecule has 8 nitrogen and oxygen atoms in total. The number of benzene rings is 1. The van der Waals surface area contributed by atoms with Crippen LogP contribution in [0.2, 0.25) is 0 Å². The third-order valence-electron chi connectivity index (χ3n) is 5.62. The summed E-state index contributed by atoms with van der Waals surface area (Å²) in [6, 6.07) is 11.4. The zero-order valence-corrected chi connectivity index (χ0v) is 18.6. The average molecular weight is 414 g/mol. The van der Waals surface area contributed by atoms with Crippen LogP contribution in [-0.2, 0) is 30.9 Å². The van der Waals surface area contributed by atoms with Gasteiger partial charge in [-0.05, 0) is 32.4 Å². The van der Waals surface area contributed by atoms with E-state index in [4.69, 9.17) is 4.74 Å². The fraction of sp³-hybridized carbons (Fsp3) is 0.591. The molecule has 0 radical (unpaired) electrons. The molecule has 2 heterocycles. The van der Waals surface area contributed by atoms with Crippen LogP contribution in [0.4, 0.5) is 0 Å². The third kappa shape index (κ3) is 6.27. The maximum absolute atomic E-state index is 5.14. The molecule has 0 fully saturated rings. The number of nitrogens with one attached hydrogen (secondary N) is 2. The Bertz CT molecular complexity index is 805. The highest BCUT2D eigenvalue weighted by molar-refractivity contribution is 5.79. The first-order valence-corrected chi connectivity index (χ1v) is 10.7. The summed E-state index contributed by atoms with van der Waals surface area (Å²) in [5, 5.41) is 11.5. The molecule has 1 aliphatic heterocycles. The SMILES string of the molecule is CN=C(NCCC(C)N(C)Cc1ccccc1)NC1CCc2nc(COC)nn2C1. The molecule has 1 aromatic heterocycles. The van der Waals surface area contributed by atoms with Gasteiger partial charge < -0.3 is 15.4 Å². The number of hydrogen-bond acceptors (Lipinski definition) is 5. The van der Waals surface area contributed by atoms with Crippen LogP contribution >= 0.6 is 0 Å². The summed E-state index contributed by atoms with van der Waals surface area (Å²) >= 11 is 0. The predicted molar refractivity (Wildman–Crippen MR) is 119 cm³/mol. The van der Waals surface area contributed by atoms with E-state index in [1.807, 2.05) is 11.7 Å². The Balaban J connectivity index is 1.41. The fourth-order valence-corrected chi connectivity index (χ4v) is 3.70. The average Bonchev–Trinajstić information content (AvgIpc) is 3.15. The lowest BCUT2D eigenvalue weighted by atomic mass is 10.1. The van der Waals surface area contributed by atoms with E-state index in [1.54, 1.807) is 7.11 Å². The number of hydrogen-bond donors (Lipinski definition) is 2. The first-order valence-electron chi connectivity index (χ1n) is 10.7. The molecule has 2 unspecified atom stereocenters. The molecule has 1 aromatic carbocycles. The van der Waals surface area contributed by atoms with Crippen LogP contribution in [0.1, 0.15) is 37.0 Å². The standard InChI is InChI=1S/C22H35N7O/c1-17(28(3)14-18-8-6-5-7-9-18)12-13-24-22(23-2)25-19-10-11-21-26-20(16-30-4)27-29(21)15-19/h5-9,17,19H,10-16H2,1-4H3,(H2,23,24,25). The van der Waals surface area contributed by atoms with Gasteiger partial charge in [-0.2, -0.15) is 5.10 Å². The molecule has 2 N–H and O–H groups in total. The molecule has 2 aromatic rings. The lowest BCUT2D eigenvalue weighted by Gasteiger charge is -2.27. The Morgan fingerprint density at radius 2 is 2.17 bits per heavy atom. The number of rotatable bonds is 9. The van der Waals surface area contributed by atoms with E-state index in [1.165, 1.54) is 5.56 Å². The molecule has 0 saturated carbocycles. The largest absolute Gasteiger partial charge is 0.377 e. The molecule has 0 saturated heterocycles. The quantitative estimate of drug-likeness (QED) is 0.482. The van der Waals surface area contributed by atoms with Crippen LogP contribution in [0.3, 0.4) is 0 Å². The molecule has 164 valence electrons. The summed E-state index contributed by atoms with van der Waals surface area (Å²) in [7, 11) is 5.67. The number of nitrogens with zero attached hydrogens (tertiary/aromatic N) is 5. The van der Waals surface area contributed by atoms with Crippen molar-refractivity contribution < 1.29 is 4.74 Å². The number of aromatic nitrogens is 3. The van der Waals surface area contributed by atoms with Crippen molar-refractivity contribution >= 4 is 5.96 Å². The van der Waals surface area contributed by atoms with E-state index >= 15 is 0 Å². The number of ether oxygens (including phenoxy) is 1. The maximum Gasteiger partial charge on any atom is 0.191 e. The number of aliphatic imine (C=N–C) groups is 1. The molecular weight excluding hydrogens is 378 g/mol. The first-order chi connectivity index (χ1) is 14.6. The van der Waals surface area contributed by atoms with E-state index < -0.39 is 0 Å². The van der Waals surface area contributed by atoms with Gasteiger partial charge in [0, 0.05) is 45.8 Å². The van der Waals surface area contributed by atoms with Crippen LogP contribution in [0, 0.1) is 0 Å². The van der Waals surface area contributed by atoms with Crippen molar-refractivity contribution in [2.45, 2.75) is 58.0 Å². The molecule has 0 amide bonds. The van der Waals surface area contributed by atoms with Crippen LogP contribution in [0.25, 0.3) is 0 Å². The van der Waals surface area contributed by atoms with Crippen molar-refractivity contribution in [1.29, 1.82) is 0 Å². The van der Waals surface area contributed by atoms with Crippen molar-refractivity contribution in [3.05, 3.63) is 47.5 Å². The van der Waals surface area contributed by atoms with Crippen molar-refractivity contribution in [3.8, 4) is 0 Å². The molecule has 8 heteroatoms. The molecule has 30 heavy (non-hydrogen) atoms. The zero-order valence-electron chi connectivity index (χ0n) is 18.6. The van der Waals surface area contributed by atoms with Crippen molar-refractivity contribution in [2.75, 3.05) is 27.7 Å². The van der Waals surface area contributed by atoms with Crippen molar-refractivity contribution in [2.24, 2.45) is 4.99 Å². The fourth-order valence-electron chi connectivity index (χ4n) is 3.70. The highest BCUT2D eigenvalue weighted by atomic mass is 16.5. The van der Waals surface area contributed by atoms with Crippen LogP contribution in [-0.4, -0.2) is 65.5 Å². The van der Waals surface area contributed by atoms with Crippen LogP contribution < -0.4 is 10.6 Å². The normalized spacial score (nSPS) is 17.6. The van der Waals surface area contributed by atoms with Gasteiger partial charge >= 0.3 is 0 Å². The molecule has 0 bridgehead atoms. The van der Waals surface area contributed by atoms with Crippen LogP contribution in [0.5, 0.6) is 0 Å². The summed E-state index contributed by atoms with van der Waals surface area (Å²) in [6.07, 6.45) is 2.97. The molecule has 0 aliphatic carbocycles. The number of guanidine groups is 1. The Labute approximate surface area is 179 Å². The van der Waals surface area contributed by atoms with Gasteiger partial charge in [0.25, 0.3) is 0 Å². The summed E-state index contributed by atoms with van der Waals surface area (Å²) in [4.78, 5) is 11.3. The van der Waals surface area contributed by atoms with E-state index in [9.17, 15) is 0 Å². The lowest BCUT2D eigenvalue weighted by molar-refractivity contribution is 0.177. The Morgan fingerprint density at radius 3 is 2.90 bits per heavy atom. The zero-order chi connectivity index (χ0) is 21.3. The number of aryl methyl sites for hydroxylation is 1. The van der Waals surface area contributed by atoms with Gasteiger partial charge in [-0.3, -0.25) is 9.89 Å². The predicted octanol–water partition coefficient (Wildman–Crippen LogP) is 1.81. The second-order valence-electron chi connectivity index (χ2n) is 7.98. The van der Waals surface area contributed by atoms with E-state index in [0.29, 0.717) is 18.7 Å². The molecule has 0 spiro atoms. The minimum absolute atomic E-state index is 0.291.